The highest BCUT2D eigenvalue weighted by Gasteiger charge is 2.40. The summed E-state index contributed by atoms with van der Waals surface area (Å²) in [6, 6.07) is 10.9. The molecule has 1 aliphatic rings. The molecule has 106 valence electrons. The minimum absolute atomic E-state index is 0.0538. The van der Waals surface area contributed by atoms with Gasteiger partial charge >= 0.3 is 5.97 Å². The Labute approximate surface area is 121 Å². The maximum atomic E-state index is 12.3. The number of benzene rings is 1. The molecular weight excluding hydrogens is 270 g/mol. The molecule has 1 aromatic heterocycles. The zero-order chi connectivity index (χ0) is 14.7. The second-order valence-corrected chi connectivity index (χ2v) is 4.69. The summed E-state index contributed by atoms with van der Waals surface area (Å²) in [4.78, 5) is 31.8. The van der Waals surface area contributed by atoms with Gasteiger partial charge in [-0.3, -0.25) is 14.9 Å². The smallest absolute Gasteiger partial charge is 0.307 e. The lowest BCUT2D eigenvalue weighted by Gasteiger charge is -2.16. The summed E-state index contributed by atoms with van der Waals surface area (Å²) >= 11 is 0. The van der Waals surface area contributed by atoms with E-state index in [4.69, 9.17) is 4.74 Å². The maximum absolute atomic E-state index is 12.3. The summed E-state index contributed by atoms with van der Waals surface area (Å²) in [5.74, 6) is -1.06. The van der Waals surface area contributed by atoms with Crippen LogP contribution in [0.4, 0.5) is 5.95 Å². The standard InChI is InChI=1S/C15H13N3O3/c19-12-9-11(13(21-12)10-5-2-1-3-6-10)14(20)18-15-16-7-4-8-17-15/h1-8,11,13H,9H2,(H,16,17,18,20)/t11-,13-/m0/s1. The van der Waals surface area contributed by atoms with Crippen LogP contribution in [0, 0.1) is 5.92 Å². The summed E-state index contributed by atoms with van der Waals surface area (Å²) in [5.41, 5.74) is 0.803. The molecule has 1 fully saturated rings. The SMILES string of the molecule is O=C1C[C@H](C(=O)Nc2ncccn2)[C@H](c2ccccc2)O1. The lowest BCUT2D eigenvalue weighted by molar-refractivity contribution is -0.141. The number of hydrogen-bond donors (Lipinski definition) is 1. The van der Waals surface area contributed by atoms with Crippen LogP contribution in [0.1, 0.15) is 18.1 Å². The monoisotopic (exact) mass is 283 g/mol. The normalized spacial score (nSPS) is 20.9. The van der Waals surface area contributed by atoms with Crippen LogP contribution in [0.2, 0.25) is 0 Å². The molecular formula is C15H13N3O3. The van der Waals surface area contributed by atoms with Crippen LogP contribution < -0.4 is 5.32 Å². The Bertz CT molecular complexity index is 646. The first kappa shape index (κ1) is 13.2. The van der Waals surface area contributed by atoms with Crippen LogP contribution in [-0.2, 0) is 14.3 Å². The van der Waals surface area contributed by atoms with E-state index in [1.165, 1.54) is 12.4 Å². The van der Waals surface area contributed by atoms with Gasteiger partial charge in [-0.05, 0) is 11.6 Å². The van der Waals surface area contributed by atoms with Gasteiger partial charge in [0.2, 0.25) is 11.9 Å². The lowest BCUT2D eigenvalue weighted by atomic mass is 9.94. The summed E-state index contributed by atoms with van der Waals surface area (Å²) < 4.78 is 5.28. The van der Waals surface area contributed by atoms with Gasteiger partial charge in [0.05, 0.1) is 12.3 Å². The largest absolute Gasteiger partial charge is 0.457 e. The molecule has 0 radical (unpaired) electrons. The molecule has 1 aromatic carbocycles. The van der Waals surface area contributed by atoms with E-state index in [0.717, 1.165) is 5.56 Å². The third-order valence-corrected chi connectivity index (χ3v) is 3.28. The topological polar surface area (TPSA) is 81.2 Å². The Hall–Kier alpha value is -2.76. The first-order chi connectivity index (χ1) is 10.2. The van der Waals surface area contributed by atoms with Crippen LogP contribution in [0.15, 0.2) is 48.8 Å². The molecule has 1 amide bonds. The zero-order valence-electron chi connectivity index (χ0n) is 11.1. The van der Waals surface area contributed by atoms with E-state index in [-0.39, 0.29) is 24.2 Å². The molecule has 1 aliphatic heterocycles. The fourth-order valence-corrected chi connectivity index (χ4v) is 2.30. The van der Waals surface area contributed by atoms with Crippen molar-refractivity contribution in [3.8, 4) is 0 Å². The molecule has 3 rings (SSSR count). The molecule has 1 saturated heterocycles. The maximum Gasteiger partial charge on any atom is 0.307 e. The Morgan fingerprint density at radius 1 is 1.14 bits per heavy atom. The van der Waals surface area contributed by atoms with Crippen molar-refractivity contribution in [2.45, 2.75) is 12.5 Å². The van der Waals surface area contributed by atoms with Crippen LogP contribution >= 0.6 is 0 Å². The van der Waals surface area contributed by atoms with E-state index in [0.29, 0.717) is 0 Å². The van der Waals surface area contributed by atoms with Crippen molar-refractivity contribution in [3.63, 3.8) is 0 Å². The fourth-order valence-electron chi connectivity index (χ4n) is 2.30. The van der Waals surface area contributed by atoms with Crippen LogP contribution in [0.5, 0.6) is 0 Å². The molecule has 6 heteroatoms. The van der Waals surface area contributed by atoms with Gasteiger partial charge in [0.15, 0.2) is 0 Å². The molecule has 6 nitrogen and oxygen atoms in total. The van der Waals surface area contributed by atoms with Gasteiger partial charge in [-0.2, -0.15) is 0 Å². The quantitative estimate of drug-likeness (QED) is 0.867. The van der Waals surface area contributed by atoms with Gasteiger partial charge < -0.3 is 4.74 Å². The van der Waals surface area contributed by atoms with Gasteiger partial charge in [-0.25, -0.2) is 9.97 Å². The summed E-state index contributed by atoms with van der Waals surface area (Å²) in [5, 5.41) is 2.61. The zero-order valence-corrected chi connectivity index (χ0v) is 11.1. The van der Waals surface area contributed by atoms with E-state index >= 15 is 0 Å². The molecule has 2 atom stereocenters. The number of cyclic esters (lactones) is 1. The first-order valence-corrected chi connectivity index (χ1v) is 6.56. The molecule has 0 unspecified atom stereocenters. The Morgan fingerprint density at radius 3 is 2.57 bits per heavy atom. The average Bonchev–Trinajstić information content (AvgIpc) is 2.91. The Morgan fingerprint density at radius 2 is 1.86 bits per heavy atom. The molecule has 0 bridgehead atoms. The average molecular weight is 283 g/mol. The predicted molar refractivity (Wildman–Crippen MR) is 74.0 cm³/mol. The number of anilines is 1. The number of carbonyl (C=O) groups is 2. The predicted octanol–water partition coefficient (Wildman–Crippen LogP) is 1.72. The molecule has 0 spiro atoms. The molecule has 0 saturated carbocycles. The number of nitrogens with one attached hydrogen (secondary N) is 1. The van der Waals surface area contributed by atoms with E-state index < -0.39 is 12.0 Å². The van der Waals surface area contributed by atoms with Gasteiger partial charge in [0, 0.05) is 12.4 Å². The molecule has 21 heavy (non-hydrogen) atoms. The van der Waals surface area contributed by atoms with Crippen molar-refractivity contribution in [2.75, 3.05) is 5.32 Å². The summed E-state index contributed by atoms with van der Waals surface area (Å²) in [7, 11) is 0. The lowest BCUT2D eigenvalue weighted by Crippen LogP contribution is -2.26. The number of ether oxygens (including phenoxy) is 1. The molecule has 0 aliphatic carbocycles. The molecule has 2 aromatic rings. The highest BCUT2D eigenvalue weighted by atomic mass is 16.6. The second kappa shape index (κ2) is 5.70. The first-order valence-electron chi connectivity index (χ1n) is 6.56. The number of nitrogens with zero attached hydrogens (tertiary/aromatic N) is 2. The Kier molecular flexibility index (Phi) is 3.59. The summed E-state index contributed by atoms with van der Waals surface area (Å²) in [6.45, 7) is 0. The number of aromatic nitrogens is 2. The van der Waals surface area contributed by atoms with Gasteiger partial charge in [0.1, 0.15) is 6.10 Å². The van der Waals surface area contributed by atoms with Crippen molar-refractivity contribution in [3.05, 3.63) is 54.4 Å². The van der Waals surface area contributed by atoms with Gasteiger partial charge in [-0.1, -0.05) is 30.3 Å². The van der Waals surface area contributed by atoms with Crippen molar-refractivity contribution in [1.82, 2.24) is 9.97 Å². The van der Waals surface area contributed by atoms with E-state index in [1.54, 1.807) is 6.07 Å². The van der Waals surface area contributed by atoms with Crippen LogP contribution in [0.25, 0.3) is 0 Å². The van der Waals surface area contributed by atoms with Crippen molar-refractivity contribution in [1.29, 1.82) is 0 Å². The minimum atomic E-state index is -0.580. The molecule has 1 N–H and O–H groups in total. The van der Waals surface area contributed by atoms with E-state index in [2.05, 4.69) is 15.3 Å². The van der Waals surface area contributed by atoms with Gasteiger partial charge in [-0.15, -0.1) is 0 Å². The number of amides is 1. The van der Waals surface area contributed by atoms with Crippen molar-refractivity contribution >= 4 is 17.8 Å². The number of carbonyl (C=O) groups excluding carboxylic acids is 2. The minimum Gasteiger partial charge on any atom is -0.457 e. The second-order valence-electron chi connectivity index (χ2n) is 4.69. The molecule has 2 heterocycles. The third kappa shape index (κ3) is 2.89. The Balaban J connectivity index is 1.79. The van der Waals surface area contributed by atoms with Crippen molar-refractivity contribution < 1.29 is 14.3 Å². The van der Waals surface area contributed by atoms with E-state index in [9.17, 15) is 9.59 Å². The van der Waals surface area contributed by atoms with Crippen LogP contribution in [0.3, 0.4) is 0 Å². The fraction of sp³-hybridized carbons (Fsp3) is 0.200. The van der Waals surface area contributed by atoms with Crippen LogP contribution in [-0.4, -0.2) is 21.8 Å². The third-order valence-electron chi connectivity index (χ3n) is 3.28. The summed E-state index contributed by atoms with van der Waals surface area (Å²) in [6.07, 6.45) is 2.56. The number of hydrogen-bond acceptors (Lipinski definition) is 5. The highest BCUT2D eigenvalue weighted by Crippen LogP contribution is 2.35. The highest BCUT2D eigenvalue weighted by molar-refractivity contribution is 5.95. The van der Waals surface area contributed by atoms with Gasteiger partial charge in [0.25, 0.3) is 0 Å². The number of esters is 1. The van der Waals surface area contributed by atoms with Crippen molar-refractivity contribution in [2.24, 2.45) is 5.92 Å². The number of rotatable bonds is 3. The van der Waals surface area contributed by atoms with E-state index in [1.807, 2.05) is 30.3 Å².